The molecule has 1 aromatic carbocycles. The summed E-state index contributed by atoms with van der Waals surface area (Å²) < 4.78 is 11.5. The molecule has 0 bridgehead atoms. The minimum Gasteiger partial charge on any atom is -0.376 e. The van der Waals surface area contributed by atoms with Crippen molar-refractivity contribution in [1.82, 2.24) is 4.90 Å². The first kappa shape index (κ1) is 16.5. The highest BCUT2D eigenvalue weighted by atomic mass is 16.5. The maximum atomic E-state index is 12.2. The van der Waals surface area contributed by atoms with E-state index >= 15 is 0 Å². The lowest BCUT2D eigenvalue weighted by atomic mass is 9.84. The quantitative estimate of drug-likeness (QED) is 0.726. The average molecular weight is 317 g/mol. The fourth-order valence-corrected chi connectivity index (χ4v) is 3.19. The highest BCUT2D eigenvalue weighted by Gasteiger charge is 2.31. The molecule has 0 unspecified atom stereocenters. The van der Waals surface area contributed by atoms with Crippen molar-refractivity contribution in [2.75, 3.05) is 26.3 Å². The Morgan fingerprint density at radius 3 is 2.43 bits per heavy atom. The van der Waals surface area contributed by atoms with Crippen LogP contribution in [0, 0.1) is 5.92 Å². The second kappa shape index (κ2) is 8.46. The van der Waals surface area contributed by atoms with E-state index in [0.29, 0.717) is 31.6 Å². The topological polar surface area (TPSA) is 38.8 Å². The van der Waals surface area contributed by atoms with Crippen molar-refractivity contribution in [3.8, 4) is 0 Å². The van der Waals surface area contributed by atoms with Gasteiger partial charge in [-0.2, -0.15) is 0 Å². The molecule has 0 atom stereocenters. The summed E-state index contributed by atoms with van der Waals surface area (Å²) in [5.74, 6) is 0.694. The van der Waals surface area contributed by atoms with Gasteiger partial charge in [0.05, 0.1) is 25.9 Å². The van der Waals surface area contributed by atoms with Gasteiger partial charge in [0.25, 0.3) is 0 Å². The van der Waals surface area contributed by atoms with Gasteiger partial charge in [-0.25, -0.2) is 0 Å². The first-order valence-electron chi connectivity index (χ1n) is 8.85. The van der Waals surface area contributed by atoms with E-state index in [9.17, 15) is 4.79 Å². The SMILES string of the molecule is O=C(C1CCC1)N1CCC(OCCOCc2ccccc2)CC1. The maximum absolute atomic E-state index is 12.2. The van der Waals surface area contributed by atoms with Gasteiger partial charge in [-0.3, -0.25) is 4.79 Å². The lowest BCUT2D eigenvalue weighted by molar-refractivity contribution is -0.141. The smallest absolute Gasteiger partial charge is 0.225 e. The van der Waals surface area contributed by atoms with Gasteiger partial charge in [-0.1, -0.05) is 36.8 Å². The number of piperidine rings is 1. The third-order valence-electron chi connectivity index (χ3n) is 4.90. The van der Waals surface area contributed by atoms with E-state index in [0.717, 1.165) is 38.8 Å². The molecule has 23 heavy (non-hydrogen) atoms. The minimum atomic E-state index is 0.278. The number of hydrogen-bond acceptors (Lipinski definition) is 3. The summed E-state index contributed by atoms with van der Waals surface area (Å²) in [4.78, 5) is 14.2. The number of hydrogen-bond donors (Lipinski definition) is 0. The van der Waals surface area contributed by atoms with Crippen LogP contribution in [0.4, 0.5) is 0 Å². The van der Waals surface area contributed by atoms with Gasteiger partial charge in [-0.05, 0) is 31.2 Å². The Bertz CT molecular complexity index is 479. The van der Waals surface area contributed by atoms with Crippen LogP contribution in [0.25, 0.3) is 0 Å². The van der Waals surface area contributed by atoms with Gasteiger partial charge < -0.3 is 14.4 Å². The Morgan fingerprint density at radius 2 is 1.78 bits per heavy atom. The standard InChI is InChI=1S/C19H27NO3/c21-19(17-7-4-8-17)20-11-9-18(10-12-20)23-14-13-22-15-16-5-2-1-3-6-16/h1-3,5-6,17-18H,4,7-15H2. The Morgan fingerprint density at radius 1 is 1.04 bits per heavy atom. The molecule has 1 aliphatic carbocycles. The van der Waals surface area contributed by atoms with Gasteiger partial charge in [0.15, 0.2) is 0 Å². The number of benzene rings is 1. The van der Waals surface area contributed by atoms with Crippen molar-refractivity contribution >= 4 is 5.91 Å². The third-order valence-corrected chi connectivity index (χ3v) is 4.90. The van der Waals surface area contributed by atoms with E-state index in [1.54, 1.807) is 0 Å². The number of nitrogens with zero attached hydrogens (tertiary/aromatic N) is 1. The normalized spacial score (nSPS) is 19.6. The zero-order valence-corrected chi connectivity index (χ0v) is 13.8. The summed E-state index contributed by atoms with van der Waals surface area (Å²) in [6.07, 6.45) is 5.59. The summed E-state index contributed by atoms with van der Waals surface area (Å²) in [6, 6.07) is 10.2. The van der Waals surface area contributed by atoms with Crippen LogP contribution < -0.4 is 0 Å². The largest absolute Gasteiger partial charge is 0.376 e. The van der Waals surface area contributed by atoms with E-state index < -0.39 is 0 Å². The lowest BCUT2D eigenvalue weighted by Gasteiger charge is -2.36. The maximum Gasteiger partial charge on any atom is 0.225 e. The van der Waals surface area contributed by atoms with Crippen LogP contribution in [0.2, 0.25) is 0 Å². The lowest BCUT2D eigenvalue weighted by Crippen LogP contribution is -2.45. The Kier molecular flexibility index (Phi) is 6.06. The fraction of sp³-hybridized carbons (Fsp3) is 0.632. The minimum absolute atomic E-state index is 0.278. The molecular weight excluding hydrogens is 290 g/mol. The Labute approximate surface area is 138 Å². The first-order chi connectivity index (χ1) is 11.3. The molecule has 0 spiro atoms. The highest BCUT2D eigenvalue weighted by molar-refractivity contribution is 5.79. The number of amides is 1. The molecule has 0 N–H and O–H groups in total. The van der Waals surface area contributed by atoms with Crippen molar-refractivity contribution in [3.05, 3.63) is 35.9 Å². The van der Waals surface area contributed by atoms with Crippen molar-refractivity contribution < 1.29 is 14.3 Å². The molecule has 2 fully saturated rings. The average Bonchev–Trinajstić information content (AvgIpc) is 2.54. The molecule has 1 aliphatic heterocycles. The molecule has 2 aliphatic rings. The van der Waals surface area contributed by atoms with Crippen LogP contribution in [0.1, 0.15) is 37.7 Å². The number of likely N-dealkylation sites (tertiary alicyclic amines) is 1. The number of carbonyl (C=O) groups excluding carboxylic acids is 1. The second-order valence-corrected chi connectivity index (χ2v) is 6.56. The Hall–Kier alpha value is -1.39. The molecular formula is C19H27NO3. The molecule has 1 aromatic rings. The second-order valence-electron chi connectivity index (χ2n) is 6.56. The molecule has 3 rings (SSSR count). The van der Waals surface area contributed by atoms with Crippen LogP contribution in [0.5, 0.6) is 0 Å². The summed E-state index contributed by atoms with van der Waals surface area (Å²) in [6.45, 7) is 3.60. The van der Waals surface area contributed by atoms with Crippen LogP contribution in [0.15, 0.2) is 30.3 Å². The molecule has 1 heterocycles. The first-order valence-corrected chi connectivity index (χ1v) is 8.85. The number of ether oxygens (including phenoxy) is 2. The third kappa shape index (κ3) is 4.79. The molecule has 0 aromatic heterocycles. The van der Waals surface area contributed by atoms with E-state index in [-0.39, 0.29) is 6.10 Å². The van der Waals surface area contributed by atoms with Crippen molar-refractivity contribution in [3.63, 3.8) is 0 Å². The van der Waals surface area contributed by atoms with Crippen LogP contribution in [0.3, 0.4) is 0 Å². The van der Waals surface area contributed by atoms with E-state index in [1.165, 1.54) is 12.0 Å². The molecule has 4 heteroatoms. The van der Waals surface area contributed by atoms with E-state index in [1.807, 2.05) is 23.1 Å². The van der Waals surface area contributed by atoms with Gasteiger partial charge in [0, 0.05) is 19.0 Å². The molecule has 0 radical (unpaired) electrons. The number of carbonyl (C=O) groups is 1. The van der Waals surface area contributed by atoms with Crippen molar-refractivity contribution in [2.24, 2.45) is 5.92 Å². The predicted molar refractivity (Wildman–Crippen MR) is 89.0 cm³/mol. The van der Waals surface area contributed by atoms with E-state index in [2.05, 4.69) is 12.1 Å². The van der Waals surface area contributed by atoms with Crippen LogP contribution >= 0.6 is 0 Å². The summed E-state index contributed by atoms with van der Waals surface area (Å²) >= 11 is 0. The summed E-state index contributed by atoms with van der Waals surface area (Å²) in [5.41, 5.74) is 1.19. The molecule has 126 valence electrons. The van der Waals surface area contributed by atoms with E-state index in [4.69, 9.17) is 9.47 Å². The van der Waals surface area contributed by atoms with Gasteiger partial charge in [0.1, 0.15) is 0 Å². The van der Waals surface area contributed by atoms with Gasteiger partial charge >= 0.3 is 0 Å². The summed E-state index contributed by atoms with van der Waals surface area (Å²) in [5, 5.41) is 0. The van der Waals surface area contributed by atoms with Crippen LogP contribution in [-0.4, -0.2) is 43.2 Å². The molecule has 4 nitrogen and oxygen atoms in total. The zero-order valence-electron chi connectivity index (χ0n) is 13.8. The fourth-order valence-electron chi connectivity index (χ4n) is 3.19. The van der Waals surface area contributed by atoms with Crippen molar-refractivity contribution in [1.29, 1.82) is 0 Å². The van der Waals surface area contributed by atoms with Gasteiger partial charge in [-0.15, -0.1) is 0 Å². The van der Waals surface area contributed by atoms with Crippen molar-refractivity contribution in [2.45, 2.75) is 44.8 Å². The van der Waals surface area contributed by atoms with Gasteiger partial charge in [0.2, 0.25) is 5.91 Å². The summed E-state index contributed by atoms with van der Waals surface area (Å²) in [7, 11) is 0. The number of rotatable bonds is 7. The van der Waals surface area contributed by atoms with Crippen LogP contribution in [-0.2, 0) is 20.9 Å². The molecule has 1 amide bonds. The highest BCUT2D eigenvalue weighted by Crippen LogP contribution is 2.29. The monoisotopic (exact) mass is 317 g/mol. The Balaban J connectivity index is 1.25. The molecule has 1 saturated heterocycles. The molecule has 1 saturated carbocycles. The zero-order chi connectivity index (χ0) is 15.9. The predicted octanol–water partition coefficient (Wildman–Crippen LogP) is 3.01.